The molecular weight excluding hydrogens is 356 g/mol. The van der Waals surface area contributed by atoms with Crippen LogP contribution in [0.5, 0.6) is 0 Å². The molecule has 2 heterocycles. The molecule has 144 valence electrons. The molecule has 0 unspecified atom stereocenters. The molecule has 0 aliphatic carbocycles. The van der Waals surface area contributed by atoms with Gasteiger partial charge in [0.1, 0.15) is 5.52 Å². The van der Waals surface area contributed by atoms with Gasteiger partial charge in [-0.3, -0.25) is 9.51 Å². The molecule has 0 aliphatic heterocycles. The molecule has 0 atom stereocenters. The fraction of sp³-hybridized carbons (Fsp3) is 0.286. The minimum atomic E-state index is -0.552. The summed E-state index contributed by atoms with van der Waals surface area (Å²) in [5, 5.41) is 3.71. The van der Waals surface area contributed by atoms with Crippen molar-refractivity contribution in [2.24, 2.45) is 0 Å². The van der Waals surface area contributed by atoms with E-state index in [1.54, 1.807) is 0 Å². The Labute approximate surface area is 162 Å². The first-order valence-electron chi connectivity index (χ1n) is 9.49. The topological polar surface area (TPSA) is 88.2 Å². The number of rotatable bonds is 8. The summed E-state index contributed by atoms with van der Waals surface area (Å²) in [6, 6.07) is 16.4. The standard InChI is InChI=1S/C21H22N4O3/c1-2-3-13-25(20-22-17-6-4-5-7-18(17)27-20)14-12-15-8-10-16(11-9-15)19-23-21(26)28-24-19/h4-11H,2-3,12-14H2,1H3,(H,23,24,26). The van der Waals surface area contributed by atoms with Gasteiger partial charge in [0.2, 0.25) is 0 Å². The molecule has 0 amide bonds. The predicted octanol–water partition coefficient (Wildman–Crippen LogP) is 4.02. The van der Waals surface area contributed by atoms with Gasteiger partial charge in [0.15, 0.2) is 11.4 Å². The molecule has 0 aliphatic rings. The first-order chi connectivity index (χ1) is 13.7. The highest BCUT2D eigenvalue weighted by Crippen LogP contribution is 2.22. The highest BCUT2D eigenvalue weighted by molar-refractivity contribution is 5.74. The van der Waals surface area contributed by atoms with Crippen LogP contribution < -0.4 is 10.7 Å². The van der Waals surface area contributed by atoms with E-state index in [1.807, 2.05) is 48.5 Å². The summed E-state index contributed by atoms with van der Waals surface area (Å²) in [7, 11) is 0. The first-order valence-corrected chi connectivity index (χ1v) is 9.49. The van der Waals surface area contributed by atoms with E-state index in [0.717, 1.165) is 49.0 Å². The van der Waals surface area contributed by atoms with Crippen molar-refractivity contribution in [1.29, 1.82) is 0 Å². The van der Waals surface area contributed by atoms with Crippen molar-refractivity contribution < 1.29 is 8.94 Å². The van der Waals surface area contributed by atoms with E-state index in [2.05, 4.69) is 31.5 Å². The lowest BCUT2D eigenvalue weighted by Gasteiger charge is -2.20. The Morgan fingerprint density at radius 1 is 1.07 bits per heavy atom. The third-order valence-corrected chi connectivity index (χ3v) is 4.67. The zero-order valence-electron chi connectivity index (χ0n) is 15.7. The quantitative estimate of drug-likeness (QED) is 0.498. The maximum atomic E-state index is 11.1. The van der Waals surface area contributed by atoms with Gasteiger partial charge in [0.25, 0.3) is 6.01 Å². The summed E-state index contributed by atoms with van der Waals surface area (Å²) < 4.78 is 10.5. The van der Waals surface area contributed by atoms with Gasteiger partial charge < -0.3 is 9.32 Å². The van der Waals surface area contributed by atoms with E-state index in [1.165, 1.54) is 5.56 Å². The van der Waals surface area contributed by atoms with Crippen molar-refractivity contribution in [2.45, 2.75) is 26.2 Å². The van der Waals surface area contributed by atoms with E-state index in [-0.39, 0.29) is 0 Å². The molecule has 0 radical (unpaired) electrons. The maximum absolute atomic E-state index is 11.1. The summed E-state index contributed by atoms with van der Waals surface area (Å²) in [5.74, 6) is -0.114. The van der Waals surface area contributed by atoms with Gasteiger partial charge in [0.05, 0.1) is 0 Å². The average Bonchev–Trinajstić information content (AvgIpc) is 3.34. The molecular formula is C21H22N4O3. The van der Waals surface area contributed by atoms with E-state index < -0.39 is 5.76 Å². The van der Waals surface area contributed by atoms with E-state index >= 15 is 0 Å². The van der Waals surface area contributed by atoms with Crippen molar-refractivity contribution in [3.8, 4) is 11.4 Å². The zero-order chi connectivity index (χ0) is 19.3. The third kappa shape index (κ3) is 3.98. The number of aromatic nitrogens is 3. The Morgan fingerprint density at radius 2 is 1.89 bits per heavy atom. The Morgan fingerprint density at radius 3 is 2.61 bits per heavy atom. The molecule has 28 heavy (non-hydrogen) atoms. The summed E-state index contributed by atoms with van der Waals surface area (Å²) in [4.78, 5) is 20.5. The molecule has 0 fully saturated rings. The summed E-state index contributed by atoms with van der Waals surface area (Å²) in [6.45, 7) is 3.89. The second-order valence-corrected chi connectivity index (χ2v) is 6.70. The fourth-order valence-electron chi connectivity index (χ4n) is 3.10. The van der Waals surface area contributed by atoms with Crippen LogP contribution >= 0.6 is 0 Å². The number of para-hydroxylation sites is 2. The lowest BCUT2D eigenvalue weighted by atomic mass is 10.1. The van der Waals surface area contributed by atoms with Crippen LogP contribution in [0.25, 0.3) is 22.5 Å². The molecule has 2 aromatic carbocycles. The monoisotopic (exact) mass is 378 g/mol. The second-order valence-electron chi connectivity index (χ2n) is 6.70. The van der Waals surface area contributed by atoms with Crippen molar-refractivity contribution in [2.75, 3.05) is 18.0 Å². The summed E-state index contributed by atoms with van der Waals surface area (Å²) in [5.41, 5.74) is 3.69. The number of benzene rings is 2. The predicted molar refractivity (Wildman–Crippen MR) is 107 cm³/mol. The van der Waals surface area contributed by atoms with Gasteiger partial charge in [-0.2, -0.15) is 4.98 Å². The number of oxazole rings is 1. The number of unbranched alkanes of at least 4 members (excludes halogenated alkanes) is 1. The van der Waals surface area contributed by atoms with Crippen LogP contribution in [0.15, 0.2) is 62.3 Å². The van der Waals surface area contributed by atoms with Crippen molar-refractivity contribution in [3.05, 3.63) is 64.6 Å². The molecule has 2 aromatic heterocycles. The summed E-state index contributed by atoms with van der Waals surface area (Å²) in [6.07, 6.45) is 3.05. The average molecular weight is 378 g/mol. The third-order valence-electron chi connectivity index (χ3n) is 4.67. The van der Waals surface area contributed by atoms with Crippen LogP contribution in [0, 0.1) is 0 Å². The number of aromatic amines is 1. The largest absolute Gasteiger partial charge is 0.439 e. The van der Waals surface area contributed by atoms with Crippen LogP contribution in [-0.4, -0.2) is 28.2 Å². The van der Waals surface area contributed by atoms with Gasteiger partial charge >= 0.3 is 5.76 Å². The second kappa shape index (κ2) is 8.12. The molecule has 0 spiro atoms. The fourth-order valence-corrected chi connectivity index (χ4v) is 3.10. The number of hydrogen-bond acceptors (Lipinski definition) is 6. The molecule has 4 aromatic rings. The van der Waals surface area contributed by atoms with Gasteiger partial charge in [-0.1, -0.05) is 54.9 Å². The lowest BCUT2D eigenvalue weighted by Crippen LogP contribution is -2.27. The molecule has 0 saturated carbocycles. The SMILES string of the molecule is CCCCN(CCc1ccc(-c2noc(=O)[nH]2)cc1)c1nc2ccccc2o1. The number of hydrogen-bond donors (Lipinski definition) is 1. The number of fused-ring (bicyclic) bond motifs is 1. The van der Waals surface area contributed by atoms with Crippen molar-refractivity contribution in [1.82, 2.24) is 15.1 Å². The highest BCUT2D eigenvalue weighted by Gasteiger charge is 2.14. The van der Waals surface area contributed by atoms with Crippen LogP contribution in [0.4, 0.5) is 6.01 Å². The zero-order valence-corrected chi connectivity index (χ0v) is 15.7. The first kappa shape index (κ1) is 18.0. The maximum Gasteiger partial charge on any atom is 0.439 e. The Hall–Kier alpha value is -3.35. The minimum Gasteiger partial charge on any atom is -0.423 e. The highest BCUT2D eigenvalue weighted by atomic mass is 16.5. The van der Waals surface area contributed by atoms with Crippen molar-refractivity contribution in [3.63, 3.8) is 0 Å². The number of nitrogens with zero attached hydrogens (tertiary/aromatic N) is 3. The summed E-state index contributed by atoms with van der Waals surface area (Å²) >= 11 is 0. The smallest absolute Gasteiger partial charge is 0.423 e. The molecule has 7 nitrogen and oxygen atoms in total. The number of nitrogens with one attached hydrogen (secondary N) is 1. The lowest BCUT2D eigenvalue weighted by molar-refractivity contribution is 0.388. The molecule has 4 rings (SSSR count). The van der Waals surface area contributed by atoms with Gasteiger partial charge in [0, 0.05) is 18.7 Å². The number of H-pyrrole nitrogens is 1. The van der Waals surface area contributed by atoms with Crippen LogP contribution in [0.1, 0.15) is 25.3 Å². The van der Waals surface area contributed by atoms with Crippen molar-refractivity contribution >= 4 is 17.1 Å². The molecule has 0 saturated heterocycles. The Balaban J connectivity index is 1.47. The normalized spacial score (nSPS) is 11.2. The van der Waals surface area contributed by atoms with Crippen LogP contribution in [0.2, 0.25) is 0 Å². The van der Waals surface area contributed by atoms with E-state index in [4.69, 9.17) is 4.42 Å². The minimum absolute atomic E-state index is 0.438. The molecule has 0 bridgehead atoms. The van der Waals surface area contributed by atoms with Gasteiger partial charge in [-0.25, -0.2) is 4.79 Å². The Bertz CT molecular complexity index is 1060. The number of anilines is 1. The van der Waals surface area contributed by atoms with Gasteiger partial charge in [-0.05, 0) is 30.5 Å². The van der Waals surface area contributed by atoms with Crippen LogP contribution in [0.3, 0.4) is 0 Å². The molecule has 7 heteroatoms. The van der Waals surface area contributed by atoms with Crippen LogP contribution in [-0.2, 0) is 6.42 Å². The van der Waals surface area contributed by atoms with E-state index in [0.29, 0.717) is 11.8 Å². The van der Waals surface area contributed by atoms with E-state index in [9.17, 15) is 4.79 Å². The van der Waals surface area contributed by atoms with Gasteiger partial charge in [-0.15, -0.1) is 0 Å². The Kier molecular flexibility index (Phi) is 5.23. The molecule has 1 N–H and O–H groups in total.